The second-order valence-corrected chi connectivity index (χ2v) is 5.23. The molecule has 0 radical (unpaired) electrons. The van der Waals surface area contributed by atoms with E-state index in [1.807, 2.05) is 13.8 Å². The molecular weight excluding hydrogens is 242 g/mol. The lowest BCUT2D eigenvalue weighted by Crippen LogP contribution is -2.39. The normalized spacial score (nSPS) is 17.5. The van der Waals surface area contributed by atoms with Crippen LogP contribution in [0.2, 0.25) is 0 Å². The predicted octanol–water partition coefficient (Wildman–Crippen LogP) is 1.35. The van der Waals surface area contributed by atoms with Gasteiger partial charge in [0, 0.05) is 12.0 Å². The van der Waals surface area contributed by atoms with Crippen LogP contribution in [0.1, 0.15) is 44.0 Å². The van der Waals surface area contributed by atoms with Crippen molar-refractivity contribution in [2.45, 2.75) is 51.5 Å². The summed E-state index contributed by atoms with van der Waals surface area (Å²) in [7, 11) is 0. The number of nitrogens with zero attached hydrogens (tertiary/aromatic N) is 2. The molecule has 1 saturated carbocycles. The number of rotatable bonds is 5. The van der Waals surface area contributed by atoms with Gasteiger partial charge in [-0.3, -0.25) is 0 Å². The van der Waals surface area contributed by atoms with Crippen LogP contribution in [0.25, 0.3) is 0 Å². The van der Waals surface area contributed by atoms with Gasteiger partial charge in [-0.15, -0.1) is 0 Å². The van der Waals surface area contributed by atoms with Crippen LogP contribution in [0.4, 0.5) is 11.6 Å². The monoisotopic (exact) mass is 265 g/mol. The van der Waals surface area contributed by atoms with E-state index in [9.17, 15) is 5.11 Å². The van der Waals surface area contributed by atoms with Gasteiger partial charge in [0.25, 0.3) is 0 Å². The molecule has 1 aromatic rings. The van der Waals surface area contributed by atoms with Crippen LogP contribution >= 0.6 is 0 Å². The zero-order valence-electron chi connectivity index (χ0n) is 11.7. The molecule has 0 atom stereocenters. The molecule has 1 aliphatic carbocycles. The fourth-order valence-corrected chi connectivity index (χ4v) is 2.61. The maximum Gasteiger partial charge on any atom is 0.148 e. The minimum atomic E-state index is -0.240. The Morgan fingerprint density at radius 1 is 1.26 bits per heavy atom. The van der Waals surface area contributed by atoms with Gasteiger partial charge in [-0.1, -0.05) is 19.8 Å². The molecule has 1 heterocycles. The van der Waals surface area contributed by atoms with Crippen LogP contribution in [0, 0.1) is 6.92 Å². The Kier molecular flexibility index (Phi) is 4.21. The summed E-state index contributed by atoms with van der Waals surface area (Å²) in [6, 6.07) is 0. The molecule has 106 valence electrons. The highest BCUT2D eigenvalue weighted by molar-refractivity contribution is 5.58. The fraction of sp³-hybridized carbons (Fsp3) is 0.692. The zero-order chi connectivity index (χ0) is 13.9. The number of hydrazine groups is 1. The van der Waals surface area contributed by atoms with Crippen LogP contribution in [0.3, 0.4) is 0 Å². The Hall–Kier alpha value is -1.40. The molecule has 0 amide bonds. The van der Waals surface area contributed by atoms with E-state index in [0.717, 1.165) is 49.3 Å². The molecule has 1 fully saturated rings. The number of hydrogen-bond acceptors (Lipinski definition) is 6. The summed E-state index contributed by atoms with van der Waals surface area (Å²) in [5.41, 5.74) is 3.26. The summed E-state index contributed by atoms with van der Waals surface area (Å²) in [6.07, 6.45) is 4.97. The summed E-state index contributed by atoms with van der Waals surface area (Å²) in [5, 5.41) is 13.1. The summed E-state index contributed by atoms with van der Waals surface area (Å²) in [4.78, 5) is 8.87. The zero-order valence-corrected chi connectivity index (χ0v) is 11.7. The van der Waals surface area contributed by atoms with Crippen molar-refractivity contribution < 1.29 is 5.11 Å². The lowest BCUT2D eigenvalue weighted by molar-refractivity contribution is 0.213. The van der Waals surface area contributed by atoms with Crippen LogP contribution < -0.4 is 16.6 Å². The van der Waals surface area contributed by atoms with E-state index in [4.69, 9.17) is 5.84 Å². The van der Waals surface area contributed by atoms with Crippen molar-refractivity contribution in [2.24, 2.45) is 5.84 Å². The largest absolute Gasteiger partial charge is 0.394 e. The Bertz CT molecular complexity index is 443. The SMILES string of the molecule is CCc1nc(NN)c(C)c(NC2(CO)CCCC2)n1. The standard InChI is InChI=1S/C13H23N5O/c1-3-10-15-11(9(2)12(16-10)18-14)17-13(8-19)6-4-5-7-13/h19H,3-8,14H2,1-2H3,(H2,15,16,17,18). The Labute approximate surface area is 113 Å². The first-order chi connectivity index (χ1) is 9.14. The first-order valence-corrected chi connectivity index (χ1v) is 6.87. The van der Waals surface area contributed by atoms with Gasteiger partial charge in [0.2, 0.25) is 0 Å². The maximum atomic E-state index is 9.68. The summed E-state index contributed by atoms with van der Waals surface area (Å²) in [5.74, 6) is 7.66. The van der Waals surface area contributed by atoms with Crippen molar-refractivity contribution in [3.05, 3.63) is 11.4 Å². The highest BCUT2D eigenvalue weighted by Gasteiger charge is 2.34. The minimum Gasteiger partial charge on any atom is -0.394 e. The summed E-state index contributed by atoms with van der Waals surface area (Å²) < 4.78 is 0. The number of hydrogen-bond donors (Lipinski definition) is 4. The van der Waals surface area contributed by atoms with E-state index in [1.54, 1.807) is 0 Å². The molecule has 0 unspecified atom stereocenters. The molecule has 5 N–H and O–H groups in total. The Morgan fingerprint density at radius 2 is 1.89 bits per heavy atom. The van der Waals surface area contributed by atoms with Crippen molar-refractivity contribution in [1.29, 1.82) is 0 Å². The quantitative estimate of drug-likeness (QED) is 0.474. The van der Waals surface area contributed by atoms with E-state index in [1.165, 1.54) is 0 Å². The maximum absolute atomic E-state index is 9.68. The average Bonchev–Trinajstić information content (AvgIpc) is 2.90. The molecule has 0 bridgehead atoms. The number of nitrogens with one attached hydrogen (secondary N) is 2. The molecule has 1 aliphatic rings. The number of aryl methyl sites for hydroxylation is 1. The van der Waals surface area contributed by atoms with Crippen LogP contribution in [-0.2, 0) is 6.42 Å². The fourth-order valence-electron chi connectivity index (χ4n) is 2.61. The average molecular weight is 265 g/mol. The molecule has 19 heavy (non-hydrogen) atoms. The van der Waals surface area contributed by atoms with E-state index in [2.05, 4.69) is 20.7 Å². The third-order valence-electron chi connectivity index (χ3n) is 3.89. The topological polar surface area (TPSA) is 96.1 Å². The molecule has 6 nitrogen and oxygen atoms in total. The second-order valence-electron chi connectivity index (χ2n) is 5.23. The summed E-state index contributed by atoms with van der Waals surface area (Å²) >= 11 is 0. The predicted molar refractivity (Wildman–Crippen MR) is 75.9 cm³/mol. The number of anilines is 2. The molecule has 0 saturated heterocycles. The van der Waals surface area contributed by atoms with Crippen molar-refractivity contribution in [3.8, 4) is 0 Å². The van der Waals surface area contributed by atoms with Crippen molar-refractivity contribution in [1.82, 2.24) is 9.97 Å². The van der Waals surface area contributed by atoms with Gasteiger partial charge in [0.05, 0.1) is 12.1 Å². The lowest BCUT2D eigenvalue weighted by atomic mass is 9.98. The van der Waals surface area contributed by atoms with Crippen molar-refractivity contribution in [3.63, 3.8) is 0 Å². The number of aromatic nitrogens is 2. The van der Waals surface area contributed by atoms with Gasteiger partial charge in [-0.05, 0) is 19.8 Å². The van der Waals surface area contributed by atoms with Gasteiger partial charge in [0.1, 0.15) is 17.5 Å². The van der Waals surface area contributed by atoms with E-state index in [-0.39, 0.29) is 12.1 Å². The Morgan fingerprint density at radius 3 is 2.42 bits per heavy atom. The molecule has 1 aromatic heterocycles. The van der Waals surface area contributed by atoms with Gasteiger partial charge < -0.3 is 15.8 Å². The van der Waals surface area contributed by atoms with E-state index >= 15 is 0 Å². The van der Waals surface area contributed by atoms with Crippen LogP contribution in [0.5, 0.6) is 0 Å². The van der Waals surface area contributed by atoms with Gasteiger partial charge in [-0.2, -0.15) is 0 Å². The van der Waals surface area contributed by atoms with Gasteiger partial charge in [0.15, 0.2) is 0 Å². The first kappa shape index (κ1) is 14.0. The molecule has 6 heteroatoms. The number of nitrogen functional groups attached to an aromatic ring is 1. The molecular formula is C13H23N5O. The first-order valence-electron chi connectivity index (χ1n) is 6.87. The van der Waals surface area contributed by atoms with E-state index in [0.29, 0.717) is 5.82 Å². The molecule has 2 rings (SSSR count). The van der Waals surface area contributed by atoms with Crippen LogP contribution in [0.15, 0.2) is 0 Å². The smallest absolute Gasteiger partial charge is 0.148 e. The van der Waals surface area contributed by atoms with E-state index < -0.39 is 0 Å². The van der Waals surface area contributed by atoms with Gasteiger partial charge >= 0.3 is 0 Å². The second kappa shape index (κ2) is 5.71. The number of aliphatic hydroxyl groups is 1. The van der Waals surface area contributed by atoms with Crippen molar-refractivity contribution in [2.75, 3.05) is 17.3 Å². The highest BCUT2D eigenvalue weighted by atomic mass is 16.3. The van der Waals surface area contributed by atoms with Crippen LogP contribution in [-0.4, -0.2) is 27.2 Å². The highest BCUT2D eigenvalue weighted by Crippen LogP contribution is 2.33. The molecule has 0 aliphatic heterocycles. The van der Waals surface area contributed by atoms with Gasteiger partial charge in [-0.25, -0.2) is 15.8 Å². The molecule has 0 aromatic carbocycles. The Balaban J connectivity index is 2.33. The molecule has 0 spiro atoms. The van der Waals surface area contributed by atoms with Crippen molar-refractivity contribution >= 4 is 11.6 Å². The third kappa shape index (κ3) is 2.79. The third-order valence-corrected chi connectivity index (χ3v) is 3.89. The number of nitrogens with two attached hydrogens (primary N) is 1. The lowest BCUT2D eigenvalue weighted by Gasteiger charge is -2.29. The summed E-state index contributed by atoms with van der Waals surface area (Å²) in [6.45, 7) is 4.06. The minimum absolute atomic E-state index is 0.128. The number of aliphatic hydroxyl groups excluding tert-OH is 1.